The van der Waals surface area contributed by atoms with Gasteiger partial charge in [0.05, 0.1) is 25.5 Å². The van der Waals surface area contributed by atoms with E-state index >= 15 is 0 Å². The molecule has 0 radical (unpaired) electrons. The summed E-state index contributed by atoms with van der Waals surface area (Å²) in [6.45, 7) is 4.18. The zero-order valence-electron chi connectivity index (χ0n) is 19.7. The molecule has 1 aromatic heterocycles. The van der Waals surface area contributed by atoms with E-state index in [1.54, 1.807) is 37.4 Å². The molecule has 3 heterocycles. The van der Waals surface area contributed by atoms with E-state index in [2.05, 4.69) is 34.3 Å². The van der Waals surface area contributed by atoms with Crippen molar-refractivity contribution in [3.05, 3.63) is 53.9 Å². The number of carbonyl (C=O) groups excluding carboxylic acids is 2. The van der Waals surface area contributed by atoms with E-state index in [1.807, 2.05) is 12.1 Å². The largest absolute Gasteiger partial charge is 0.497 e. The Labute approximate surface area is 201 Å². The van der Waals surface area contributed by atoms with Gasteiger partial charge < -0.3 is 14.0 Å². The van der Waals surface area contributed by atoms with Crippen LogP contribution in [-0.2, 0) is 16.1 Å². The fraction of sp³-hybridized carbons (Fsp3) is 0.333. The summed E-state index contributed by atoms with van der Waals surface area (Å²) in [6, 6.07) is 10.9. The molecule has 3 aromatic rings. The molecule has 1 fully saturated rings. The summed E-state index contributed by atoms with van der Waals surface area (Å²) >= 11 is 0. The van der Waals surface area contributed by atoms with Crippen LogP contribution in [0.1, 0.15) is 31.2 Å². The third-order valence-electron chi connectivity index (χ3n) is 6.09. The zero-order valence-corrected chi connectivity index (χ0v) is 19.7. The second-order valence-electron chi connectivity index (χ2n) is 8.53. The SMILES string of the molecule is COc1ccc(-c2noc(CN3N=N[C@H]4C(=O)N(c5ccc(C(C)C)cc5)C(=O)[C@H]43)n2)c(OC)c1. The molecule has 2 amide bonds. The summed E-state index contributed by atoms with van der Waals surface area (Å²) in [4.78, 5) is 31.8. The minimum atomic E-state index is -0.906. The van der Waals surface area contributed by atoms with Crippen molar-refractivity contribution in [3.63, 3.8) is 0 Å². The van der Waals surface area contributed by atoms with Crippen molar-refractivity contribution in [2.24, 2.45) is 10.3 Å². The highest BCUT2D eigenvalue weighted by molar-refractivity contribution is 6.25. The molecule has 180 valence electrons. The number of methoxy groups -OCH3 is 2. The van der Waals surface area contributed by atoms with Gasteiger partial charge in [-0.2, -0.15) is 10.1 Å². The Morgan fingerprint density at radius 1 is 1.03 bits per heavy atom. The predicted molar refractivity (Wildman–Crippen MR) is 124 cm³/mol. The van der Waals surface area contributed by atoms with Crippen LogP contribution in [0.3, 0.4) is 0 Å². The average Bonchev–Trinajstić information content (AvgIpc) is 3.56. The zero-order chi connectivity index (χ0) is 24.7. The molecule has 5 rings (SSSR count). The number of benzene rings is 2. The van der Waals surface area contributed by atoms with Gasteiger partial charge in [-0.1, -0.05) is 36.4 Å². The van der Waals surface area contributed by atoms with E-state index in [4.69, 9.17) is 14.0 Å². The van der Waals surface area contributed by atoms with Gasteiger partial charge in [-0.25, -0.2) is 4.90 Å². The second kappa shape index (κ2) is 8.82. The first-order chi connectivity index (χ1) is 16.9. The van der Waals surface area contributed by atoms with Gasteiger partial charge in [-0.15, -0.1) is 0 Å². The minimum absolute atomic E-state index is 0.0231. The van der Waals surface area contributed by atoms with E-state index in [1.165, 1.54) is 17.0 Å². The van der Waals surface area contributed by atoms with Crippen LogP contribution in [0, 0.1) is 0 Å². The average molecular weight is 476 g/mol. The Hall–Kier alpha value is -4.28. The Morgan fingerprint density at radius 3 is 2.49 bits per heavy atom. The summed E-state index contributed by atoms with van der Waals surface area (Å²) in [5.41, 5.74) is 2.25. The highest BCUT2D eigenvalue weighted by atomic mass is 16.5. The lowest BCUT2D eigenvalue weighted by Crippen LogP contribution is -2.39. The van der Waals surface area contributed by atoms with Crippen LogP contribution in [0.4, 0.5) is 5.69 Å². The number of carbonyl (C=O) groups is 2. The normalized spacial score (nSPS) is 19.1. The van der Waals surface area contributed by atoms with Crippen LogP contribution in [0.2, 0.25) is 0 Å². The Bertz CT molecular complexity index is 1300. The number of hydrogen-bond acceptors (Lipinski definition) is 10. The molecule has 0 saturated carbocycles. The molecule has 0 bridgehead atoms. The van der Waals surface area contributed by atoms with E-state index in [0.29, 0.717) is 34.5 Å². The predicted octanol–water partition coefficient (Wildman–Crippen LogP) is 3.37. The minimum Gasteiger partial charge on any atom is -0.497 e. The highest BCUT2D eigenvalue weighted by Crippen LogP contribution is 2.34. The number of fused-ring (bicyclic) bond motifs is 1. The van der Waals surface area contributed by atoms with Gasteiger partial charge in [0.15, 0.2) is 12.1 Å². The number of rotatable bonds is 7. The number of amides is 2. The molecular weight excluding hydrogens is 452 g/mol. The Balaban J connectivity index is 1.34. The maximum absolute atomic E-state index is 13.2. The molecule has 2 aliphatic heterocycles. The summed E-state index contributed by atoms with van der Waals surface area (Å²) < 4.78 is 16.0. The quantitative estimate of drug-likeness (QED) is 0.476. The van der Waals surface area contributed by atoms with Gasteiger partial charge in [-0.05, 0) is 35.7 Å². The van der Waals surface area contributed by atoms with E-state index in [0.717, 1.165) is 5.56 Å². The lowest BCUT2D eigenvalue weighted by atomic mass is 10.0. The molecule has 1 saturated heterocycles. The monoisotopic (exact) mass is 476 g/mol. The molecule has 11 heteroatoms. The summed E-state index contributed by atoms with van der Waals surface area (Å²) in [5, 5.41) is 13.5. The topological polar surface area (TPSA) is 123 Å². The third-order valence-corrected chi connectivity index (χ3v) is 6.09. The summed E-state index contributed by atoms with van der Waals surface area (Å²) in [5.74, 6) is 1.23. The maximum Gasteiger partial charge on any atom is 0.263 e. The van der Waals surface area contributed by atoms with Crippen LogP contribution in [-0.4, -0.2) is 53.3 Å². The number of ether oxygens (including phenoxy) is 2. The lowest BCUT2D eigenvalue weighted by Gasteiger charge is -2.19. The van der Waals surface area contributed by atoms with Crippen LogP contribution in [0.15, 0.2) is 57.3 Å². The van der Waals surface area contributed by atoms with Crippen LogP contribution >= 0.6 is 0 Å². The fourth-order valence-electron chi connectivity index (χ4n) is 4.17. The van der Waals surface area contributed by atoms with E-state index < -0.39 is 18.0 Å². The highest BCUT2D eigenvalue weighted by Gasteiger charge is 2.55. The second-order valence-corrected chi connectivity index (χ2v) is 8.53. The molecule has 0 spiro atoms. The Morgan fingerprint density at radius 2 is 1.80 bits per heavy atom. The van der Waals surface area contributed by atoms with Gasteiger partial charge in [0, 0.05) is 6.07 Å². The van der Waals surface area contributed by atoms with Gasteiger partial charge in [0.25, 0.3) is 11.8 Å². The molecule has 2 atom stereocenters. The molecule has 11 nitrogen and oxygen atoms in total. The number of anilines is 1. The lowest BCUT2D eigenvalue weighted by molar-refractivity contribution is -0.123. The van der Waals surface area contributed by atoms with Crippen molar-refractivity contribution in [3.8, 4) is 22.9 Å². The number of aromatic nitrogens is 2. The van der Waals surface area contributed by atoms with Crippen molar-refractivity contribution >= 4 is 17.5 Å². The summed E-state index contributed by atoms with van der Waals surface area (Å²) in [6.07, 6.45) is 0. The number of nitrogens with zero attached hydrogens (tertiary/aromatic N) is 6. The summed E-state index contributed by atoms with van der Waals surface area (Å²) in [7, 11) is 3.10. The van der Waals surface area contributed by atoms with Crippen molar-refractivity contribution in [2.45, 2.75) is 38.4 Å². The molecule has 2 aliphatic rings. The van der Waals surface area contributed by atoms with Crippen molar-refractivity contribution in [1.82, 2.24) is 15.1 Å². The first-order valence-electron chi connectivity index (χ1n) is 11.1. The van der Waals surface area contributed by atoms with Crippen LogP contribution < -0.4 is 14.4 Å². The van der Waals surface area contributed by atoms with Crippen LogP contribution in [0.25, 0.3) is 11.4 Å². The van der Waals surface area contributed by atoms with Gasteiger partial charge >= 0.3 is 0 Å². The molecule has 0 unspecified atom stereocenters. The number of imide groups is 1. The fourth-order valence-corrected chi connectivity index (χ4v) is 4.17. The molecular formula is C24H24N6O5. The van der Waals surface area contributed by atoms with Crippen molar-refractivity contribution in [2.75, 3.05) is 19.1 Å². The van der Waals surface area contributed by atoms with Crippen LogP contribution in [0.5, 0.6) is 11.5 Å². The van der Waals surface area contributed by atoms with Gasteiger partial charge in [-0.3, -0.25) is 14.6 Å². The molecule has 0 aliphatic carbocycles. The number of hydrogen-bond donors (Lipinski definition) is 0. The maximum atomic E-state index is 13.2. The van der Waals surface area contributed by atoms with Gasteiger partial charge in [0.2, 0.25) is 11.7 Å². The van der Waals surface area contributed by atoms with E-state index in [-0.39, 0.29) is 18.3 Å². The van der Waals surface area contributed by atoms with Crippen molar-refractivity contribution in [1.29, 1.82) is 0 Å². The third kappa shape index (κ3) is 3.88. The van der Waals surface area contributed by atoms with Gasteiger partial charge in [0.1, 0.15) is 18.0 Å². The van der Waals surface area contributed by atoms with E-state index in [9.17, 15) is 9.59 Å². The molecule has 0 N–H and O–H groups in total. The molecule has 2 aromatic carbocycles. The van der Waals surface area contributed by atoms with Crippen molar-refractivity contribution < 1.29 is 23.6 Å². The standard InChI is InChI=1S/C24H24N6O5/c1-13(2)14-5-7-15(8-6-14)30-23(31)20-21(24(30)32)29(28-26-20)12-19-25-22(27-35-19)17-10-9-16(33-3)11-18(17)34-4/h5-11,13,20-21H,12H2,1-4H3/t20-,21+/m1/s1. The molecule has 35 heavy (non-hydrogen) atoms. The first-order valence-corrected chi connectivity index (χ1v) is 11.1. The smallest absolute Gasteiger partial charge is 0.263 e. The first kappa shape index (κ1) is 22.5. The Kier molecular flexibility index (Phi) is 5.67.